The molecule has 144 valence electrons. The van der Waals surface area contributed by atoms with Crippen molar-refractivity contribution in [3.05, 3.63) is 77.5 Å². The monoisotopic (exact) mass is 391 g/mol. The molecule has 1 aliphatic rings. The molecular weight excluding hydrogens is 366 g/mol. The van der Waals surface area contributed by atoms with Gasteiger partial charge in [0.25, 0.3) is 0 Å². The Kier molecular flexibility index (Phi) is 5.13. The molecule has 3 aromatic rings. The number of aryl methyl sites for hydroxylation is 1. The Labute approximate surface area is 171 Å². The van der Waals surface area contributed by atoms with Gasteiger partial charge in [0.1, 0.15) is 5.82 Å². The molecule has 0 unspecified atom stereocenters. The fourth-order valence-electron chi connectivity index (χ4n) is 4.15. The molecule has 0 aliphatic carbocycles. The van der Waals surface area contributed by atoms with Gasteiger partial charge in [0, 0.05) is 30.3 Å². The van der Waals surface area contributed by atoms with E-state index in [9.17, 15) is 0 Å². The minimum absolute atomic E-state index is 0.0259. The van der Waals surface area contributed by atoms with Crippen LogP contribution in [0.2, 0.25) is 0 Å². The summed E-state index contributed by atoms with van der Waals surface area (Å²) in [5.74, 6) is 0.939. The first-order valence-electron chi connectivity index (χ1n) is 9.70. The van der Waals surface area contributed by atoms with E-state index in [-0.39, 0.29) is 12.1 Å². The molecule has 0 radical (unpaired) electrons. The molecule has 0 amide bonds. The maximum atomic E-state index is 5.70. The quantitative estimate of drug-likeness (QED) is 0.658. The van der Waals surface area contributed by atoms with Crippen LogP contribution in [0.15, 0.2) is 54.9 Å². The molecule has 0 aromatic carbocycles. The molecule has 0 spiro atoms. The SMILES string of the molecule is CCCN1C(=S)N[C@@H](c2ccccn2)[C@@H]1c1cc(C)n(-c2ccccn2)c1C. The lowest BCUT2D eigenvalue weighted by Gasteiger charge is -2.27. The summed E-state index contributed by atoms with van der Waals surface area (Å²) in [5, 5.41) is 4.32. The van der Waals surface area contributed by atoms with Gasteiger partial charge in [0.2, 0.25) is 0 Å². The van der Waals surface area contributed by atoms with Gasteiger partial charge in [-0.05, 0) is 68.4 Å². The molecular formula is C22H25N5S. The molecule has 3 aromatic heterocycles. The van der Waals surface area contributed by atoms with Gasteiger partial charge in [0.15, 0.2) is 5.11 Å². The van der Waals surface area contributed by atoms with E-state index in [1.807, 2.05) is 42.7 Å². The molecule has 1 saturated heterocycles. The van der Waals surface area contributed by atoms with Crippen molar-refractivity contribution in [2.45, 2.75) is 39.3 Å². The van der Waals surface area contributed by atoms with Crippen LogP contribution in [0.25, 0.3) is 5.82 Å². The van der Waals surface area contributed by atoms with Crippen LogP contribution in [0.3, 0.4) is 0 Å². The zero-order valence-corrected chi connectivity index (χ0v) is 17.3. The van der Waals surface area contributed by atoms with E-state index in [1.54, 1.807) is 0 Å². The highest BCUT2D eigenvalue weighted by Crippen LogP contribution is 2.41. The third-order valence-corrected chi connectivity index (χ3v) is 5.68. The van der Waals surface area contributed by atoms with Crippen LogP contribution in [-0.2, 0) is 0 Å². The first kappa shape index (κ1) is 18.6. The molecule has 1 aliphatic heterocycles. The lowest BCUT2D eigenvalue weighted by Crippen LogP contribution is -2.30. The molecule has 0 saturated carbocycles. The number of nitrogens with one attached hydrogen (secondary N) is 1. The van der Waals surface area contributed by atoms with E-state index in [2.05, 4.69) is 57.7 Å². The molecule has 1 N–H and O–H groups in total. The summed E-state index contributed by atoms with van der Waals surface area (Å²) in [7, 11) is 0. The molecule has 4 heterocycles. The summed E-state index contributed by atoms with van der Waals surface area (Å²) >= 11 is 5.70. The average molecular weight is 392 g/mol. The minimum Gasteiger partial charge on any atom is -0.352 e. The van der Waals surface area contributed by atoms with Crippen LogP contribution in [0, 0.1) is 13.8 Å². The van der Waals surface area contributed by atoms with Crippen LogP contribution in [0.1, 0.15) is 48.1 Å². The zero-order valence-electron chi connectivity index (χ0n) is 16.5. The van der Waals surface area contributed by atoms with E-state index in [4.69, 9.17) is 12.2 Å². The molecule has 2 atom stereocenters. The summed E-state index contributed by atoms with van der Waals surface area (Å²) in [6.07, 6.45) is 4.71. The Morgan fingerprint density at radius 2 is 1.82 bits per heavy atom. The number of thiocarbonyl (C=S) groups is 1. The van der Waals surface area contributed by atoms with Gasteiger partial charge >= 0.3 is 0 Å². The Morgan fingerprint density at radius 1 is 1.07 bits per heavy atom. The van der Waals surface area contributed by atoms with E-state index in [0.29, 0.717) is 0 Å². The van der Waals surface area contributed by atoms with Crippen molar-refractivity contribution in [1.29, 1.82) is 0 Å². The van der Waals surface area contributed by atoms with E-state index in [0.717, 1.165) is 29.6 Å². The standard InChI is InChI=1S/C22H25N5S/c1-4-13-26-21(20(25-22(26)28)18-9-5-7-11-23-18)17-14-15(2)27(16(17)3)19-10-6-8-12-24-19/h5-12,14,20-21H,4,13H2,1-3H3,(H,25,28)/t20-,21-/m0/s1. The van der Waals surface area contributed by atoms with Gasteiger partial charge in [-0.15, -0.1) is 0 Å². The summed E-state index contributed by atoms with van der Waals surface area (Å²) in [4.78, 5) is 11.5. The number of hydrogen-bond donors (Lipinski definition) is 1. The van der Waals surface area contributed by atoms with Gasteiger partial charge in [-0.25, -0.2) is 4.98 Å². The fourth-order valence-corrected chi connectivity index (χ4v) is 4.48. The number of pyridine rings is 2. The fraction of sp³-hybridized carbons (Fsp3) is 0.318. The van der Waals surface area contributed by atoms with Gasteiger partial charge < -0.3 is 14.8 Å². The second-order valence-electron chi connectivity index (χ2n) is 7.17. The Morgan fingerprint density at radius 3 is 2.46 bits per heavy atom. The lowest BCUT2D eigenvalue weighted by atomic mass is 9.96. The largest absolute Gasteiger partial charge is 0.352 e. The van der Waals surface area contributed by atoms with Crippen molar-refractivity contribution in [3.8, 4) is 5.82 Å². The molecule has 6 heteroatoms. The van der Waals surface area contributed by atoms with Crippen molar-refractivity contribution in [2.24, 2.45) is 0 Å². The normalized spacial score (nSPS) is 19.1. The van der Waals surface area contributed by atoms with Gasteiger partial charge in [-0.2, -0.15) is 0 Å². The summed E-state index contributed by atoms with van der Waals surface area (Å²) in [6, 6.07) is 14.5. The van der Waals surface area contributed by atoms with Crippen LogP contribution in [0.5, 0.6) is 0 Å². The topological polar surface area (TPSA) is 46.0 Å². The molecule has 5 nitrogen and oxygen atoms in total. The average Bonchev–Trinajstić information content (AvgIpc) is 3.19. The molecule has 28 heavy (non-hydrogen) atoms. The van der Waals surface area contributed by atoms with Crippen molar-refractivity contribution in [2.75, 3.05) is 6.54 Å². The Bertz CT molecular complexity index is 967. The number of hydrogen-bond acceptors (Lipinski definition) is 3. The van der Waals surface area contributed by atoms with Gasteiger partial charge in [0.05, 0.1) is 17.8 Å². The van der Waals surface area contributed by atoms with E-state index < -0.39 is 0 Å². The Balaban J connectivity index is 1.83. The molecule has 0 bridgehead atoms. The summed E-state index contributed by atoms with van der Waals surface area (Å²) in [6.45, 7) is 7.39. The van der Waals surface area contributed by atoms with Crippen molar-refractivity contribution in [1.82, 2.24) is 24.8 Å². The highest BCUT2D eigenvalue weighted by molar-refractivity contribution is 7.80. The second-order valence-corrected chi connectivity index (χ2v) is 7.56. The smallest absolute Gasteiger partial charge is 0.170 e. The summed E-state index contributed by atoms with van der Waals surface area (Å²) in [5.41, 5.74) is 4.63. The highest BCUT2D eigenvalue weighted by Gasteiger charge is 2.40. The second kappa shape index (κ2) is 7.72. The number of rotatable bonds is 5. The minimum atomic E-state index is 0.0259. The Hall–Kier alpha value is -2.73. The van der Waals surface area contributed by atoms with Crippen LogP contribution >= 0.6 is 12.2 Å². The predicted octanol–water partition coefficient (Wildman–Crippen LogP) is 4.27. The van der Waals surface area contributed by atoms with E-state index >= 15 is 0 Å². The lowest BCUT2D eigenvalue weighted by molar-refractivity contribution is 0.316. The van der Waals surface area contributed by atoms with E-state index in [1.165, 1.54) is 17.0 Å². The zero-order chi connectivity index (χ0) is 19.7. The predicted molar refractivity (Wildman–Crippen MR) is 115 cm³/mol. The van der Waals surface area contributed by atoms with Crippen molar-refractivity contribution in [3.63, 3.8) is 0 Å². The van der Waals surface area contributed by atoms with Crippen LogP contribution in [0.4, 0.5) is 0 Å². The molecule has 4 rings (SSSR count). The first-order chi connectivity index (χ1) is 13.6. The first-order valence-corrected chi connectivity index (χ1v) is 10.1. The third-order valence-electron chi connectivity index (χ3n) is 5.33. The van der Waals surface area contributed by atoms with Crippen molar-refractivity contribution < 1.29 is 0 Å². The molecule has 1 fully saturated rings. The maximum absolute atomic E-state index is 5.70. The van der Waals surface area contributed by atoms with Gasteiger partial charge in [-0.3, -0.25) is 4.98 Å². The summed E-state index contributed by atoms with van der Waals surface area (Å²) < 4.78 is 2.22. The maximum Gasteiger partial charge on any atom is 0.170 e. The van der Waals surface area contributed by atoms with Crippen molar-refractivity contribution >= 4 is 17.3 Å². The van der Waals surface area contributed by atoms with Gasteiger partial charge in [-0.1, -0.05) is 19.1 Å². The van der Waals surface area contributed by atoms with Crippen LogP contribution in [-0.4, -0.2) is 31.1 Å². The highest BCUT2D eigenvalue weighted by atomic mass is 32.1. The van der Waals surface area contributed by atoms with Crippen LogP contribution < -0.4 is 5.32 Å². The number of nitrogens with zero attached hydrogens (tertiary/aromatic N) is 4. The number of aromatic nitrogens is 3. The third kappa shape index (κ3) is 3.18.